The predicted molar refractivity (Wildman–Crippen MR) is 106 cm³/mol. The molecule has 7 heteroatoms. The van der Waals surface area contributed by atoms with Crippen LogP contribution in [0.15, 0.2) is 18.5 Å². The number of rotatable bonds is 6. The quantitative estimate of drug-likeness (QED) is 0.777. The van der Waals surface area contributed by atoms with Gasteiger partial charge in [0, 0.05) is 44.1 Å². The van der Waals surface area contributed by atoms with Gasteiger partial charge in [0.05, 0.1) is 19.7 Å². The molecular formula is C20H28N4O3. The minimum absolute atomic E-state index is 0.236. The van der Waals surface area contributed by atoms with Gasteiger partial charge in [-0.25, -0.2) is 9.97 Å². The number of benzene rings is 1. The van der Waals surface area contributed by atoms with E-state index in [-0.39, 0.29) is 5.91 Å². The molecular weight excluding hydrogens is 344 g/mol. The van der Waals surface area contributed by atoms with Crippen molar-refractivity contribution < 1.29 is 14.3 Å². The Balaban J connectivity index is 1.80. The number of anilines is 1. The van der Waals surface area contributed by atoms with Crippen LogP contribution in [0.1, 0.15) is 32.6 Å². The predicted octanol–water partition coefficient (Wildman–Crippen LogP) is 2.87. The summed E-state index contributed by atoms with van der Waals surface area (Å²) in [5.74, 6) is 2.47. The van der Waals surface area contributed by atoms with Crippen molar-refractivity contribution >= 4 is 22.6 Å². The second kappa shape index (κ2) is 8.41. The summed E-state index contributed by atoms with van der Waals surface area (Å²) in [5, 5.41) is 0.948. The van der Waals surface area contributed by atoms with E-state index in [9.17, 15) is 4.79 Å². The van der Waals surface area contributed by atoms with Crippen LogP contribution in [0.2, 0.25) is 0 Å². The molecule has 2 aromatic rings. The number of carbonyl (C=O) groups excluding carboxylic acids is 1. The van der Waals surface area contributed by atoms with E-state index in [0.29, 0.717) is 24.0 Å². The number of aromatic nitrogens is 2. The molecule has 3 rings (SSSR count). The van der Waals surface area contributed by atoms with Crippen LogP contribution >= 0.6 is 0 Å². The molecule has 1 fully saturated rings. The van der Waals surface area contributed by atoms with Crippen molar-refractivity contribution in [3.05, 3.63) is 18.5 Å². The SMILES string of the molecule is CCCC(=O)N(C)C1CCN(c2ncnc3cc(OC)c(OC)cc23)CC1. The van der Waals surface area contributed by atoms with Crippen LogP contribution in [0.4, 0.5) is 5.82 Å². The van der Waals surface area contributed by atoms with Gasteiger partial charge in [-0.15, -0.1) is 0 Å². The molecule has 7 nitrogen and oxygen atoms in total. The summed E-state index contributed by atoms with van der Waals surface area (Å²) in [6.07, 6.45) is 4.97. The Morgan fingerprint density at radius 3 is 2.48 bits per heavy atom. The zero-order valence-electron chi connectivity index (χ0n) is 16.6. The molecule has 1 saturated heterocycles. The number of carbonyl (C=O) groups is 1. The van der Waals surface area contributed by atoms with E-state index in [1.807, 2.05) is 31.0 Å². The van der Waals surface area contributed by atoms with Gasteiger partial charge in [0.2, 0.25) is 5.91 Å². The molecule has 0 N–H and O–H groups in total. The lowest BCUT2D eigenvalue weighted by atomic mass is 10.0. The largest absolute Gasteiger partial charge is 0.493 e. The lowest BCUT2D eigenvalue weighted by Gasteiger charge is -2.37. The maximum Gasteiger partial charge on any atom is 0.222 e. The van der Waals surface area contributed by atoms with Gasteiger partial charge in [0.25, 0.3) is 0 Å². The van der Waals surface area contributed by atoms with Crippen molar-refractivity contribution in [3.8, 4) is 11.5 Å². The first-order valence-electron chi connectivity index (χ1n) is 9.46. The third-order valence-corrected chi connectivity index (χ3v) is 5.29. The van der Waals surface area contributed by atoms with Crippen molar-refractivity contribution in [1.29, 1.82) is 0 Å². The first-order valence-corrected chi connectivity index (χ1v) is 9.46. The summed E-state index contributed by atoms with van der Waals surface area (Å²) in [6.45, 7) is 3.75. The molecule has 0 spiro atoms. The van der Waals surface area contributed by atoms with Crippen molar-refractivity contribution in [2.24, 2.45) is 0 Å². The van der Waals surface area contributed by atoms with Gasteiger partial charge in [-0.05, 0) is 25.3 Å². The summed E-state index contributed by atoms with van der Waals surface area (Å²) in [5.41, 5.74) is 0.829. The standard InChI is InChI=1S/C20H28N4O3/c1-5-6-19(25)23(2)14-7-9-24(10-8-14)20-15-11-17(26-3)18(27-4)12-16(15)21-13-22-20/h11-14H,5-10H2,1-4H3. The molecule has 0 unspecified atom stereocenters. The van der Waals surface area contributed by atoms with Gasteiger partial charge in [-0.2, -0.15) is 0 Å². The summed E-state index contributed by atoms with van der Waals surface area (Å²) in [4.78, 5) is 25.3. The fourth-order valence-corrected chi connectivity index (χ4v) is 3.68. The van der Waals surface area contributed by atoms with Crippen LogP contribution in [0.25, 0.3) is 10.9 Å². The van der Waals surface area contributed by atoms with E-state index >= 15 is 0 Å². The first-order chi connectivity index (χ1) is 13.1. The Morgan fingerprint density at radius 2 is 1.85 bits per heavy atom. The zero-order chi connectivity index (χ0) is 19.4. The van der Waals surface area contributed by atoms with E-state index in [4.69, 9.17) is 9.47 Å². The second-order valence-corrected chi connectivity index (χ2v) is 6.89. The molecule has 0 atom stereocenters. The number of methoxy groups -OCH3 is 2. The van der Waals surface area contributed by atoms with E-state index in [1.165, 1.54) is 0 Å². The number of nitrogens with zero attached hydrogens (tertiary/aromatic N) is 4. The Hall–Kier alpha value is -2.57. The average molecular weight is 372 g/mol. The molecule has 0 aliphatic carbocycles. The molecule has 0 saturated carbocycles. The van der Waals surface area contributed by atoms with Gasteiger partial charge < -0.3 is 19.3 Å². The topological polar surface area (TPSA) is 67.8 Å². The fourth-order valence-electron chi connectivity index (χ4n) is 3.68. The maximum absolute atomic E-state index is 12.2. The van der Waals surface area contributed by atoms with Crippen molar-refractivity contribution in [2.75, 3.05) is 39.3 Å². The Labute approximate surface area is 160 Å². The lowest BCUT2D eigenvalue weighted by Crippen LogP contribution is -2.45. The number of piperidine rings is 1. The molecule has 1 aromatic heterocycles. The highest BCUT2D eigenvalue weighted by molar-refractivity contribution is 5.92. The number of fused-ring (bicyclic) bond motifs is 1. The van der Waals surface area contributed by atoms with Gasteiger partial charge in [-0.1, -0.05) is 6.92 Å². The third kappa shape index (κ3) is 3.91. The average Bonchev–Trinajstić information content (AvgIpc) is 2.72. The molecule has 0 radical (unpaired) electrons. The molecule has 1 aromatic carbocycles. The summed E-state index contributed by atoms with van der Waals surface area (Å²) >= 11 is 0. The van der Waals surface area contributed by atoms with Crippen LogP contribution in [0.3, 0.4) is 0 Å². The fraction of sp³-hybridized carbons (Fsp3) is 0.550. The van der Waals surface area contributed by atoms with Crippen LogP contribution in [-0.2, 0) is 4.79 Å². The minimum Gasteiger partial charge on any atom is -0.493 e. The molecule has 146 valence electrons. The van der Waals surface area contributed by atoms with Gasteiger partial charge in [-0.3, -0.25) is 4.79 Å². The Morgan fingerprint density at radius 1 is 1.19 bits per heavy atom. The van der Waals surface area contributed by atoms with Crippen LogP contribution in [0, 0.1) is 0 Å². The lowest BCUT2D eigenvalue weighted by molar-refractivity contribution is -0.132. The molecule has 2 heterocycles. The molecule has 1 aliphatic heterocycles. The van der Waals surface area contributed by atoms with Gasteiger partial charge >= 0.3 is 0 Å². The molecule has 1 aliphatic rings. The monoisotopic (exact) mass is 372 g/mol. The van der Waals surface area contributed by atoms with Crippen molar-refractivity contribution in [2.45, 2.75) is 38.6 Å². The summed E-state index contributed by atoms with van der Waals surface area (Å²) in [7, 11) is 5.17. The summed E-state index contributed by atoms with van der Waals surface area (Å²) < 4.78 is 10.8. The zero-order valence-corrected chi connectivity index (χ0v) is 16.6. The van der Waals surface area contributed by atoms with Crippen LogP contribution in [-0.4, -0.2) is 61.2 Å². The number of hydrogen-bond donors (Lipinski definition) is 0. The second-order valence-electron chi connectivity index (χ2n) is 6.89. The van der Waals surface area contributed by atoms with E-state index in [2.05, 4.69) is 14.9 Å². The maximum atomic E-state index is 12.2. The molecule has 0 bridgehead atoms. The van der Waals surface area contributed by atoms with E-state index in [0.717, 1.165) is 49.1 Å². The summed E-state index contributed by atoms with van der Waals surface area (Å²) in [6, 6.07) is 4.11. The smallest absolute Gasteiger partial charge is 0.222 e. The van der Waals surface area contributed by atoms with Crippen LogP contribution in [0.5, 0.6) is 11.5 Å². The third-order valence-electron chi connectivity index (χ3n) is 5.29. The van der Waals surface area contributed by atoms with Crippen molar-refractivity contribution in [1.82, 2.24) is 14.9 Å². The first kappa shape index (κ1) is 19.2. The van der Waals surface area contributed by atoms with Gasteiger partial charge in [0.1, 0.15) is 12.1 Å². The normalized spacial score (nSPS) is 15.0. The highest BCUT2D eigenvalue weighted by Gasteiger charge is 2.26. The minimum atomic E-state index is 0.236. The number of hydrogen-bond acceptors (Lipinski definition) is 6. The van der Waals surface area contributed by atoms with E-state index in [1.54, 1.807) is 20.5 Å². The number of amides is 1. The van der Waals surface area contributed by atoms with Crippen molar-refractivity contribution in [3.63, 3.8) is 0 Å². The highest BCUT2D eigenvalue weighted by atomic mass is 16.5. The molecule has 27 heavy (non-hydrogen) atoms. The Kier molecular flexibility index (Phi) is 5.98. The Bertz CT molecular complexity index is 803. The molecule has 1 amide bonds. The number of ether oxygens (including phenoxy) is 2. The highest BCUT2D eigenvalue weighted by Crippen LogP contribution is 2.35. The van der Waals surface area contributed by atoms with E-state index < -0.39 is 0 Å². The van der Waals surface area contributed by atoms with Gasteiger partial charge in [0.15, 0.2) is 11.5 Å². The van der Waals surface area contributed by atoms with Crippen LogP contribution < -0.4 is 14.4 Å².